The maximum Gasteiger partial charge on any atom is 0.271 e. The van der Waals surface area contributed by atoms with Gasteiger partial charge in [-0.15, -0.1) is 11.3 Å². The molecule has 1 unspecified atom stereocenters. The number of hydrogen-bond donors (Lipinski definition) is 2. The number of thiazole rings is 1. The van der Waals surface area contributed by atoms with Crippen molar-refractivity contribution in [1.82, 2.24) is 20.5 Å². The van der Waals surface area contributed by atoms with Crippen LogP contribution in [-0.2, 0) is 9.59 Å². The predicted molar refractivity (Wildman–Crippen MR) is 98.8 cm³/mol. The number of aromatic nitrogens is 1. The number of carbonyl (C=O) groups excluding carboxylic acids is 3. The van der Waals surface area contributed by atoms with E-state index in [1.807, 2.05) is 4.90 Å². The van der Waals surface area contributed by atoms with Crippen LogP contribution in [0.2, 0.25) is 0 Å². The van der Waals surface area contributed by atoms with Crippen LogP contribution in [0, 0.1) is 5.92 Å². The minimum Gasteiger partial charge on any atom is -0.358 e. The molecule has 3 amide bonds. The first-order valence-electron chi connectivity index (χ1n) is 9.35. The number of nitrogens with one attached hydrogen (secondary N) is 2. The van der Waals surface area contributed by atoms with Crippen molar-refractivity contribution in [2.24, 2.45) is 5.92 Å². The van der Waals surface area contributed by atoms with E-state index >= 15 is 0 Å². The van der Waals surface area contributed by atoms with Gasteiger partial charge < -0.3 is 15.5 Å². The van der Waals surface area contributed by atoms with Gasteiger partial charge in [0, 0.05) is 24.9 Å². The molecular weight excluding hydrogens is 352 g/mol. The maximum absolute atomic E-state index is 12.9. The number of hydrogen-bond acceptors (Lipinski definition) is 5. The molecule has 0 radical (unpaired) electrons. The maximum atomic E-state index is 12.9. The first-order valence-corrected chi connectivity index (χ1v) is 10.2. The van der Waals surface area contributed by atoms with Gasteiger partial charge in [0.05, 0.1) is 12.6 Å². The summed E-state index contributed by atoms with van der Waals surface area (Å²) in [5.74, 6) is -0.208. The molecule has 1 aromatic heterocycles. The van der Waals surface area contributed by atoms with Crippen molar-refractivity contribution in [2.75, 3.05) is 20.1 Å². The normalized spacial score (nSPS) is 20.8. The van der Waals surface area contributed by atoms with Crippen molar-refractivity contribution in [3.05, 3.63) is 16.1 Å². The van der Waals surface area contributed by atoms with E-state index in [2.05, 4.69) is 15.6 Å². The Morgan fingerprint density at radius 2 is 1.96 bits per heavy atom. The summed E-state index contributed by atoms with van der Waals surface area (Å²) in [6, 6.07) is -0.0186. The monoisotopic (exact) mass is 378 g/mol. The molecule has 1 atom stereocenters. The van der Waals surface area contributed by atoms with Crippen LogP contribution in [0.25, 0.3) is 0 Å². The fraction of sp³-hybridized carbons (Fsp3) is 0.667. The minimum atomic E-state index is -0.362. The first-order chi connectivity index (χ1) is 12.6. The number of likely N-dealkylation sites (N-methyl/N-ethyl adjacent to an activating group) is 1. The van der Waals surface area contributed by atoms with E-state index in [-0.39, 0.29) is 36.2 Å². The van der Waals surface area contributed by atoms with E-state index in [1.54, 1.807) is 5.38 Å². The van der Waals surface area contributed by atoms with Gasteiger partial charge in [-0.2, -0.15) is 0 Å². The Labute approximate surface area is 157 Å². The molecular formula is C18H26N4O3S. The van der Waals surface area contributed by atoms with Gasteiger partial charge in [0.2, 0.25) is 11.8 Å². The van der Waals surface area contributed by atoms with Crippen LogP contribution in [0.1, 0.15) is 66.5 Å². The Kier molecular flexibility index (Phi) is 6.24. The molecule has 8 heteroatoms. The molecule has 2 heterocycles. The van der Waals surface area contributed by atoms with Crippen molar-refractivity contribution >= 4 is 29.1 Å². The van der Waals surface area contributed by atoms with Crippen LogP contribution >= 0.6 is 11.3 Å². The fourth-order valence-electron chi connectivity index (χ4n) is 3.76. The van der Waals surface area contributed by atoms with Crippen LogP contribution in [0.4, 0.5) is 0 Å². The standard InChI is InChI=1S/C18H26N4O3S/c1-19-15(23)10-20-16(24)13-11-26-17(21-13)14-8-5-9-22(14)18(25)12-6-3-2-4-7-12/h11-12,14H,2-10H2,1H3,(H,19,23)(H,20,24). The Bertz CT molecular complexity index is 669. The summed E-state index contributed by atoms with van der Waals surface area (Å²) < 4.78 is 0. The lowest BCUT2D eigenvalue weighted by Gasteiger charge is -2.29. The van der Waals surface area contributed by atoms with Crippen LogP contribution in [-0.4, -0.2) is 47.7 Å². The van der Waals surface area contributed by atoms with E-state index < -0.39 is 0 Å². The molecule has 7 nitrogen and oxygen atoms in total. The summed E-state index contributed by atoms with van der Waals surface area (Å²) in [5, 5.41) is 7.53. The zero-order chi connectivity index (χ0) is 18.5. The van der Waals surface area contributed by atoms with E-state index in [9.17, 15) is 14.4 Å². The molecule has 2 N–H and O–H groups in total. The van der Waals surface area contributed by atoms with Gasteiger partial charge >= 0.3 is 0 Å². The Morgan fingerprint density at radius 3 is 2.69 bits per heavy atom. The van der Waals surface area contributed by atoms with Crippen LogP contribution in [0.3, 0.4) is 0 Å². The number of likely N-dealkylation sites (tertiary alicyclic amines) is 1. The van der Waals surface area contributed by atoms with Gasteiger partial charge in [0.1, 0.15) is 10.7 Å². The van der Waals surface area contributed by atoms with Crippen LogP contribution < -0.4 is 10.6 Å². The van der Waals surface area contributed by atoms with Gasteiger partial charge in [-0.3, -0.25) is 14.4 Å². The van der Waals surface area contributed by atoms with Gasteiger partial charge in [-0.25, -0.2) is 4.98 Å². The van der Waals surface area contributed by atoms with Crippen molar-refractivity contribution in [3.63, 3.8) is 0 Å². The van der Waals surface area contributed by atoms with Crippen molar-refractivity contribution in [2.45, 2.75) is 51.0 Å². The second-order valence-corrected chi connectivity index (χ2v) is 7.84. The lowest BCUT2D eigenvalue weighted by atomic mass is 9.88. The number of nitrogens with zero attached hydrogens (tertiary/aromatic N) is 2. The third kappa shape index (κ3) is 4.23. The van der Waals surface area contributed by atoms with Gasteiger partial charge in [0.25, 0.3) is 5.91 Å². The topological polar surface area (TPSA) is 91.4 Å². The zero-order valence-corrected chi connectivity index (χ0v) is 15.9. The molecule has 2 aliphatic rings. The molecule has 3 rings (SSSR count). The molecule has 26 heavy (non-hydrogen) atoms. The lowest BCUT2D eigenvalue weighted by molar-refractivity contribution is -0.137. The first kappa shape index (κ1) is 18.8. The molecule has 142 valence electrons. The van der Waals surface area contributed by atoms with Crippen LogP contribution in [0.15, 0.2) is 5.38 Å². The molecule has 0 aromatic carbocycles. The second-order valence-electron chi connectivity index (χ2n) is 6.95. The molecule has 0 spiro atoms. The summed E-state index contributed by atoms with van der Waals surface area (Å²) in [5.41, 5.74) is 0.311. The van der Waals surface area contributed by atoms with E-state index in [4.69, 9.17) is 0 Å². The highest BCUT2D eigenvalue weighted by molar-refractivity contribution is 7.09. The SMILES string of the molecule is CNC(=O)CNC(=O)c1csc(C2CCCN2C(=O)C2CCCCC2)n1. The Balaban J connectivity index is 1.64. The fourth-order valence-corrected chi connectivity index (χ4v) is 4.70. The quantitative estimate of drug-likeness (QED) is 0.818. The lowest BCUT2D eigenvalue weighted by Crippen LogP contribution is -2.37. The summed E-state index contributed by atoms with van der Waals surface area (Å²) in [6.45, 7) is 0.704. The molecule has 1 saturated carbocycles. The third-order valence-electron chi connectivity index (χ3n) is 5.22. The highest BCUT2D eigenvalue weighted by atomic mass is 32.1. The average molecular weight is 378 g/mol. The summed E-state index contributed by atoms with van der Waals surface area (Å²) in [4.78, 5) is 42.7. The molecule has 2 fully saturated rings. The van der Waals surface area contributed by atoms with Gasteiger partial charge in [0.15, 0.2) is 0 Å². The number of carbonyl (C=O) groups is 3. The Morgan fingerprint density at radius 1 is 1.19 bits per heavy atom. The van der Waals surface area contributed by atoms with E-state index in [1.165, 1.54) is 24.8 Å². The minimum absolute atomic E-state index is 0.0186. The highest BCUT2D eigenvalue weighted by Gasteiger charge is 2.36. The molecule has 1 saturated heterocycles. The largest absolute Gasteiger partial charge is 0.358 e. The summed E-state index contributed by atoms with van der Waals surface area (Å²) >= 11 is 1.42. The van der Waals surface area contributed by atoms with Gasteiger partial charge in [-0.05, 0) is 25.7 Å². The van der Waals surface area contributed by atoms with Crippen molar-refractivity contribution < 1.29 is 14.4 Å². The smallest absolute Gasteiger partial charge is 0.271 e. The molecule has 1 aliphatic carbocycles. The molecule has 1 aromatic rings. The number of amides is 3. The Hall–Kier alpha value is -1.96. The van der Waals surface area contributed by atoms with Crippen molar-refractivity contribution in [1.29, 1.82) is 0 Å². The van der Waals surface area contributed by atoms with Crippen molar-refractivity contribution in [3.8, 4) is 0 Å². The van der Waals surface area contributed by atoms with Crippen LogP contribution in [0.5, 0.6) is 0 Å². The van der Waals surface area contributed by atoms with E-state index in [0.717, 1.165) is 50.1 Å². The number of rotatable bonds is 5. The van der Waals surface area contributed by atoms with Gasteiger partial charge in [-0.1, -0.05) is 19.3 Å². The summed E-state index contributed by atoms with van der Waals surface area (Å²) in [7, 11) is 1.52. The second kappa shape index (κ2) is 8.62. The van der Waals surface area contributed by atoms with E-state index in [0.29, 0.717) is 5.69 Å². The molecule has 0 bridgehead atoms. The zero-order valence-electron chi connectivity index (χ0n) is 15.1. The highest BCUT2D eigenvalue weighted by Crippen LogP contribution is 2.36. The summed E-state index contributed by atoms with van der Waals surface area (Å²) in [6.07, 6.45) is 7.37. The predicted octanol–water partition coefficient (Wildman–Crippen LogP) is 1.86. The third-order valence-corrected chi connectivity index (χ3v) is 6.16. The molecule has 1 aliphatic heterocycles. The average Bonchev–Trinajstić information content (AvgIpc) is 3.35.